The molecule has 0 aromatic carbocycles. The van der Waals surface area contributed by atoms with Crippen molar-refractivity contribution in [3.8, 4) is 0 Å². The number of amides is 6. The molecule has 0 aromatic heterocycles. The van der Waals surface area contributed by atoms with Crippen LogP contribution in [0.5, 0.6) is 0 Å². The minimum atomic E-state index is -3.93. The maximum atomic E-state index is 14.4. The third-order valence-electron chi connectivity index (χ3n) is 19.6. The molecule has 0 spiro atoms. The van der Waals surface area contributed by atoms with Gasteiger partial charge in [-0.05, 0) is 32.5 Å². The number of likely N-dealkylation sites (tertiary alicyclic amines) is 1. The Bertz CT molecular complexity index is 3040. The van der Waals surface area contributed by atoms with Gasteiger partial charge in [0.05, 0.1) is 117 Å². The number of carbonyl (C=O) groups is 11. The first-order valence-corrected chi connectivity index (χ1v) is 42.7. The number of rotatable bonds is 57. The summed E-state index contributed by atoms with van der Waals surface area (Å²) in [5.74, 6) is -5.38. The van der Waals surface area contributed by atoms with Crippen molar-refractivity contribution in [2.24, 2.45) is 0 Å². The standard InChI is InChI=1S/C72H122N6O37P2/c1-41-30-52(56(111-41)37-109-116(6,99)100)115-117(7,101)110-36-45-31-51(102-5)32-78(45)59(92)15-14-58(91)77-72(38-103-24-17-46(85)10-8-12-48(87)19-27-106-69-60(74-42(2)82)66(96)63(93)53(33-79)112-69,39-104-25-18-47(86)11-9-13-49(88)20-28-107-70-61(75-43(3)83)67(97)64(94)54(34-80)113-70)40-105-26-22-57(90)73-23-16-50(89)21-29-108-71-62(76-44(4)84)68(98)65(95)55(35-81)114-71/h41,45,51-56,60-71,79-81,93-98,101H,7-40H2,1-6H3,(H,73,90)(H,74,82)(H,75,83)(H,76,84)(H,77,91)(H,99,100)/t41-,45-,51+,52-,53?,54?,55?,56+,60?,61?,62?,63-,64-,65-,66+,67+,68+,69+,70+,71+,72?,117?/m0/s1. The van der Waals surface area contributed by atoms with Crippen molar-refractivity contribution in [1.29, 1.82) is 0 Å². The van der Waals surface area contributed by atoms with E-state index in [1.807, 2.05) is 0 Å². The topological polar surface area (TPSA) is 620 Å². The first-order chi connectivity index (χ1) is 55.3. The van der Waals surface area contributed by atoms with E-state index >= 15 is 0 Å². The van der Waals surface area contributed by atoms with Crippen LogP contribution in [-0.2, 0) is 123 Å². The first-order valence-electron chi connectivity index (χ1n) is 39.0. The molecular formula is C72H122N6O37P2. The molecule has 6 amide bonds. The molecule has 5 rings (SSSR count). The summed E-state index contributed by atoms with van der Waals surface area (Å²) in [4.78, 5) is 165. The zero-order valence-corrected chi connectivity index (χ0v) is 68.8. The van der Waals surface area contributed by atoms with E-state index in [1.165, 1.54) is 25.9 Å². The molecule has 0 aromatic rings. The molecule has 5 saturated heterocycles. The lowest BCUT2D eigenvalue weighted by molar-refractivity contribution is -0.269. The molecule has 5 fully saturated rings. The molecule has 0 aliphatic carbocycles. The van der Waals surface area contributed by atoms with Gasteiger partial charge in [-0.1, -0.05) is 0 Å². The summed E-state index contributed by atoms with van der Waals surface area (Å²) in [7, 11) is -6.41. The smallest absolute Gasteiger partial charge is 0.325 e. The average Bonchev–Trinajstić information content (AvgIpc) is 1.33. The Morgan fingerprint density at radius 1 is 0.496 bits per heavy atom. The number of ketones is 5. The molecule has 0 bridgehead atoms. The quantitative estimate of drug-likeness (QED) is 0.0200. The molecule has 45 heteroatoms. The van der Waals surface area contributed by atoms with E-state index in [2.05, 4.69) is 32.9 Å². The van der Waals surface area contributed by atoms with Gasteiger partial charge in [-0.25, -0.2) is 0 Å². The van der Waals surface area contributed by atoms with Crippen molar-refractivity contribution in [2.75, 3.05) is 119 Å². The second-order valence-electron chi connectivity index (χ2n) is 29.6. The van der Waals surface area contributed by atoms with Gasteiger partial charge in [0.2, 0.25) is 43.0 Å². The second kappa shape index (κ2) is 51.6. The van der Waals surface area contributed by atoms with Crippen LogP contribution >= 0.6 is 15.2 Å². The van der Waals surface area contributed by atoms with Crippen LogP contribution in [0.4, 0.5) is 0 Å². The zero-order chi connectivity index (χ0) is 86.7. The average molecular weight is 1730 g/mol. The second-order valence-corrected chi connectivity index (χ2v) is 33.2. The van der Waals surface area contributed by atoms with Crippen LogP contribution in [0.3, 0.4) is 0 Å². The number of ether oxygens (including phenoxy) is 11. The Morgan fingerprint density at radius 2 is 0.897 bits per heavy atom. The number of nitrogens with zero attached hydrogens (tertiary/aromatic N) is 1. The highest BCUT2D eigenvalue weighted by Gasteiger charge is 2.49. The minimum absolute atomic E-state index is 0.0411. The van der Waals surface area contributed by atoms with Gasteiger partial charge in [0.1, 0.15) is 114 Å². The van der Waals surface area contributed by atoms with E-state index in [1.54, 1.807) is 6.92 Å². The highest BCUT2D eigenvalue weighted by molar-refractivity contribution is 7.58. The summed E-state index contributed by atoms with van der Waals surface area (Å²) in [6.07, 6.45) is -18.2. The van der Waals surface area contributed by atoms with Crippen molar-refractivity contribution in [3.63, 3.8) is 0 Å². The van der Waals surface area contributed by atoms with Crippen molar-refractivity contribution < 1.29 is 179 Å². The Kier molecular flexibility index (Phi) is 45.1. The summed E-state index contributed by atoms with van der Waals surface area (Å²) in [6.45, 7) is 0.269. The van der Waals surface area contributed by atoms with E-state index in [-0.39, 0.29) is 197 Å². The van der Waals surface area contributed by atoms with Crippen LogP contribution < -0.4 is 26.6 Å². The van der Waals surface area contributed by atoms with Crippen molar-refractivity contribution >= 4 is 85.8 Å². The van der Waals surface area contributed by atoms with E-state index in [9.17, 15) is 113 Å². The van der Waals surface area contributed by atoms with Crippen LogP contribution in [0, 0.1) is 0 Å². The zero-order valence-electron chi connectivity index (χ0n) is 67.0. The lowest BCUT2D eigenvalue weighted by Gasteiger charge is -2.42. The van der Waals surface area contributed by atoms with Gasteiger partial charge in [-0.15, -0.1) is 0 Å². The molecule has 16 N–H and O–H groups in total. The van der Waals surface area contributed by atoms with Gasteiger partial charge in [-0.2, -0.15) is 0 Å². The van der Waals surface area contributed by atoms with Crippen LogP contribution in [0.2, 0.25) is 0 Å². The van der Waals surface area contributed by atoms with Crippen LogP contribution in [0.25, 0.3) is 0 Å². The molecule has 0 saturated carbocycles. The predicted octanol–water partition coefficient (Wildman–Crippen LogP) is -5.20. The Hall–Kier alpha value is -5.30. The number of Topliss-reactive ketones (excluding diaryl/α,β-unsaturated/α-hetero) is 5. The SMILES string of the molecule is C=P(O)(OC[C@@H]1C[C@@H](OC)CN1C(=O)CCC(=O)NC(COCCC(=O)CCCC(=O)CCO[C@@H]1OC(CO)[C@H](O)[C@H](O)C1NC(C)=O)(COCCC(=O)CCCC(=O)CCO[C@@H]1OC(CO)[C@H](O)[C@H](O)C1NC(C)=O)COCCC(=O)NCCC(=O)CCO[C@@H]1OC(CO)[C@H](O)[C@H](O)C1NC(C)=O)O[C@H]1C[C@H](C)O[C@@H]1COP(C)(=O)O. The van der Waals surface area contributed by atoms with E-state index in [4.69, 9.17) is 65.7 Å². The fourth-order valence-electron chi connectivity index (χ4n) is 13.4. The van der Waals surface area contributed by atoms with Crippen LogP contribution in [0.1, 0.15) is 137 Å². The van der Waals surface area contributed by atoms with Gasteiger partial charge in [0, 0.05) is 138 Å². The highest BCUT2D eigenvalue weighted by Crippen LogP contribution is 2.48. The van der Waals surface area contributed by atoms with Gasteiger partial charge < -0.3 is 153 Å². The monoisotopic (exact) mass is 1720 g/mol. The summed E-state index contributed by atoms with van der Waals surface area (Å²) >= 11 is 0. The molecular weight excluding hydrogens is 1600 g/mol. The van der Waals surface area contributed by atoms with Gasteiger partial charge in [0.25, 0.3) is 0 Å². The van der Waals surface area contributed by atoms with Gasteiger partial charge >= 0.3 is 7.60 Å². The third-order valence-corrected chi connectivity index (χ3v) is 21.4. The third kappa shape index (κ3) is 36.3. The number of hydrogen-bond donors (Lipinski definition) is 16. The van der Waals surface area contributed by atoms with Gasteiger partial charge in [-0.3, -0.25) is 57.3 Å². The van der Waals surface area contributed by atoms with E-state index in [0.29, 0.717) is 0 Å². The van der Waals surface area contributed by atoms with Crippen molar-refractivity contribution in [2.45, 2.75) is 265 Å². The van der Waals surface area contributed by atoms with E-state index in [0.717, 1.165) is 13.6 Å². The van der Waals surface area contributed by atoms with E-state index < -0.39 is 225 Å². The fourth-order valence-corrected chi connectivity index (χ4v) is 14.9. The van der Waals surface area contributed by atoms with Crippen LogP contribution in [0.15, 0.2) is 0 Å². The maximum Gasteiger partial charge on any atom is 0.325 e. The number of carbonyl (C=O) groups excluding carboxylic acids is 11. The molecule has 5 aliphatic rings. The summed E-state index contributed by atoms with van der Waals surface area (Å²) in [6, 6.07) is -4.46. The highest BCUT2D eigenvalue weighted by atomic mass is 31.2. The lowest BCUT2D eigenvalue weighted by Crippen LogP contribution is -2.64. The maximum absolute atomic E-state index is 14.4. The number of methoxy groups -OCH3 is 1. The normalized spacial score (nSPS) is 29.5. The largest absolute Gasteiger partial charge is 0.394 e. The van der Waals surface area contributed by atoms with Crippen LogP contribution in [-0.4, -0.2) is 379 Å². The number of nitrogens with one attached hydrogen (secondary N) is 5. The Morgan fingerprint density at radius 3 is 1.29 bits per heavy atom. The fraction of sp³-hybridized carbons (Fsp3) is 0.833. The summed E-state index contributed by atoms with van der Waals surface area (Å²) in [5, 5.41) is 104. The molecule has 43 nitrogen and oxygen atoms in total. The number of aliphatic hydroxyl groups is 9. The van der Waals surface area contributed by atoms with Crippen molar-refractivity contribution in [3.05, 3.63) is 0 Å². The number of aliphatic hydroxyl groups excluding tert-OH is 9. The first kappa shape index (κ1) is 102. The predicted molar refractivity (Wildman–Crippen MR) is 403 cm³/mol. The summed E-state index contributed by atoms with van der Waals surface area (Å²) in [5.41, 5.74) is -1.74. The van der Waals surface area contributed by atoms with Crippen molar-refractivity contribution in [1.82, 2.24) is 31.5 Å². The minimum Gasteiger partial charge on any atom is -0.394 e. The molecule has 22 atom stereocenters. The Balaban J connectivity index is 1.26. The number of hydrogen-bond acceptors (Lipinski definition) is 36. The molecule has 5 heterocycles. The van der Waals surface area contributed by atoms with Gasteiger partial charge in [0.15, 0.2) is 18.9 Å². The molecule has 5 aliphatic heterocycles. The Labute approximate surface area is 677 Å². The summed E-state index contributed by atoms with van der Waals surface area (Å²) < 4.78 is 91.8. The molecule has 0 radical (unpaired) electrons. The molecule has 8 unspecified atom stereocenters. The molecule has 117 heavy (non-hydrogen) atoms. The lowest BCUT2D eigenvalue weighted by atomic mass is 9.97. The molecule has 672 valence electrons.